The van der Waals surface area contributed by atoms with Crippen LogP contribution in [0.25, 0.3) is 0 Å². The number of nitrogens with one attached hydrogen (secondary N) is 2. The fraction of sp³-hybridized carbons (Fsp3) is 0.915. The Kier molecular flexibility index (Phi) is 38.1. The van der Waals surface area contributed by atoms with Crippen LogP contribution in [0.5, 0.6) is 0 Å². The summed E-state index contributed by atoms with van der Waals surface area (Å²) in [6.07, 6.45) is 4.76. The number of aliphatic carboxylic acids is 1. The molecule has 3 saturated heterocycles. The van der Waals surface area contributed by atoms with Gasteiger partial charge in [0.05, 0.1) is 50.7 Å². The number of allylic oxidation sites excluding steroid dienone is 1. The highest BCUT2D eigenvalue weighted by Gasteiger charge is 2.60. The molecule has 3 aliphatic heterocycles. The van der Waals surface area contributed by atoms with Crippen molar-refractivity contribution in [3.05, 3.63) is 12.2 Å². The van der Waals surface area contributed by atoms with Crippen molar-refractivity contribution < 1.29 is 109 Å². The summed E-state index contributed by atoms with van der Waals surface area (Å²) in [7, 11) is 0. The van der Waals surface area contributed by atoms with Gasteiger partial charge in [-0.25, -0.2) is 4.79 Å². The molecule has 486 valence electrons. The van der Waals surface area contributed by atoms with Gasteiger partial charge in [-0.15, -0.1) is 0 Å². The lowest BCUT2D eigenvalue weighted by atomic mass is 9.88. The first-order chi connectivity index (χ1) is 39.9. The standard InChI is InChI=1S/C59H108N2O22/c1-3-5-7-9-11-13-15-17-18-20-22-24-26-28-30-32-45(69)60-39(40(66)31-29-27-25-23-21-19-16-14-12-10-8-6-4-2)38-78-56-51(74)50(73)53(44(36-64)80-56)81-57-52(75)55(49(72)43(35-63)79-57)83-59(58(76)77)33-41(67)47(61-46(70)37-65)54(82-59)48(71)42(68)34-62/h29,31,39-44,47-57,62-68,71-75H,3-28,30,32-38H2,1-2H3,(H,60,69)(H,61,70)(H,76,77)/b31-29+/t39-,40+,41-,42+,43+,44+,47+,48+,49-,50+,51+,52+,53+,54+,55-,56+,57-,59-/m0/s1. The first kappa shape index (κ1) is 74.7. The molecule has 83 heavy (non-hydrogen) atoms. The average Bonchev–Trinajstić information content (AvgIpc) is 3.19. The summed E-state index contributed by atoms with van der Waals surface area (Å²) >= 11 is 0. The average molecular weight is 1200 g/mol. The smallest absolute Gasteiger partial charge is 0.364 e. The van der Waals surface area contributed by atoms with Crippen LogP contribution in [0.3, 0.4) is 0 Å². The van der Waals surface area contributed by atoms with Gasteiger partial charge < -0.3 is 105 Å². The van der Waals surface area contributed by atoms with Crippen molar-refractivity contribution in [2.45, 2.75) is 310 Å². The van der Waals surface area contributed by atoms with Crippen LogP contribution < -0.4 is 10.6 Å². The molecule has 0 radical (unpaired) electrons. The van der Waals surface area contributed by atoms with Gasteiger partial charge in [0.1, 0.15) is 73.8 Å². The molecule has 3 rings (SSSR count). The molecule has 18 atom stereocenters. The van der Waals surface area contributed by atoms with Crippen LogP contribution in [0.2, 0.25) is 0 Å². The molecule has 0 aromatic heterocycles. The van der Waals surface area contributed by atoms with Crippen molar-refractivity contribution in [3.63, 3.8) is 0 Å². The largest absolute Gasteiger partial charge is 0.477 e. The fourth-order valence-corrected chi connectivity index (χ4v) is 10.9. The van der Waals surface area contributed by atoms with Gasteiger partial charge in [0.25, 0.3) is 5.79 Å². The van der Waals surface area contributed by atoms with E-state index in [9.17, 15) is 80.8 Å². The van der Waals surface area contributed by atoms with Gasteiger partial charge in [-0.2, -0.15) is 0 Å². The van der Waals surface area contributed by atoms with Gasteiger partial charge in [0.2, 0.25) is 11.8 Å². The Hall–Kier alpha value is -2.57. The molecule has 0 bridgehead atoms. The monoisotopic (exact) mass is 1200 g/mol. The molecule has 3 aliphatic rings. The van der Waals surface area contributed by atoms with Gasteiger partial charge in [-0.05, 0) is 19.3 Å². The molecule has 2 amide bonds. The maximum atomic E-state index is 13.4. The van der Waals surface area contributed by atoms with E-state index in [1.54, 1.807) is 6.08 Å². The third-order valence-electron chi connectivity index (χ3n) is 16.1. The van der Waals surface area contributed by atoms with Crippen molar-refractivity contribution in [2.75, 3.05) is 33.0 Å². The number of amides is 2. The van der Waals surface area contributed by atoms with E-state index in [-0.39, 0.29) is 12.3 Å². The maximum absolute atomic E-state index is 13.4. The molecule has 3 heterocycles. The molecule has 0 unspecified atom stereocenters. The zero-order valence-electron chi connectivity index (χ0n) is 49.5. The van der Waals surface area contributed by atoms with Crippen LogP contribution in [-0.4, -0.2) is 227 Å². The number of aliphatic hydroxyl groups is 12. The van der Waals surface area contributed by atoms with E-state index in [4.69, 9.17) is 28.4 Å². The summed E-state index contributed by atoms with van der Waals surface area (Å²) in [5, 5.41) is 145. The Morgan fingerprint density at radius 3 is 1.61 bits per heavy atom. The number of ether oxygens (including phenoxy) is 6. The number of carbonyl (C=O) groups is 3. The maximum Gasteiger partial charge on any atom is 0.364 e. The summed E-state index contributed by atoms with van der Waals surface area (Å²) in [5.74, 6) is -6.61. The number of aliphatic hydroxyl groups excluding tert-OH is 12. The van der Waals surface area contributed by atoms with Gasteiger partial charge >= 0.3 is 5.97 Å². The van der Waals surface area contributed by atoms with E-state index in [1.807, 2.05) is 6.08 Å². The normalized spacial score (nSPS) is 30.0. The predicted octanol–water partition coefficient (Wildman–Crippen LogP) is 2.14. The molecule has 15 N–H and O–H groups in total. The predicted molar refractivity (Wildman–Crippen MR) is 303 cm³/mol. The molecule has 0 spiro atoms. The number of carboxylic acid groups (broad SMARTS) is 1. The van der Waals surface area contributed by atoms with E-state index >= 15 is 0 Å². The molecule has 0 aliphatic carbocycles. The first-order valence-corrected chi connectivity index (χ1v) is 31.2. The Morgan fingerprint density at radius 2 is 1.12 bits per heavy atom. The van der Waals surface area contributed by atoms with Crippen LogP contribution in [0.4, 0.5) is 0 Å². The lowest BCUT2D eigenvalue weighted by Crippen LogP contribution is -2.71. The molecule has 24 nitrogen and oxygen atoms in total. The highest BCUT2D eigenvalue weighted by molar-refractivity contribution is 5.78. The van der Waals surface area contributed by atoms with Crippen LogP contribution in [0.15, 0.2) is 12.2 Å². The van der Waals surface area contributed by atoms with E-state index in [1.165, 1.54) is 116 Å². The summed E-state index contributed by atoms with van der Waals surface area (Å²) in [6, 6.07) is -2.78. The van der Waals surface area contributed by atoms with Crippen molar-refractivity contribution in [2.24, 2.45) is 0 Å². The SMILES string of the molecule is CCCCCCCCCCCCC/C=C/[C@@H](O)[C@H](CO[C@@H]1O[C@H](CO)[C@@H](O[C@@H]2O[C@H](CO)[C@H](O)[C@H](O[C@]3(C(=O)O)C[C@H](O)[C@@H](NC(=O)CO)[C@H]([C@H](O)[C@H](O)CO)O3)[C@H]2O)[C@H](O)[C@H]1O)NC(=O)CCCCCCCCCCCCCCCCC. The number of carboxylic acids is 1. The highest BCUT2D eigenvalue weighted by atomic mass is 16.8. The second kappa shape index (κ2) is 42.3. The Labute approximate surface area is 491 Å². The molecule has 24 heteroatoms. The first-order valence-electron chi connectivity index (χ1n) is 31.2. The molecular weight excluding hydrogens is 1090 g/mol. The topological polar surface area (TPSA) is 394 Å². The van der Waals surface area contributed by atoms with Gasteiger partial charge in [-0.3, -0.25) is 9.59 Å². The Morgan fingerprint density at radius 1 is 0.614 bits per heavy atom. The lowest BCUT2D eigenvalue weighted by molar-refractivity contribution is -0.386. The van der Waals surface area contributed by atoms with Crippen LogP contribution in [-0.2, 0) is 42.8 Å². The third-order valence-corrected chi connectivity index (χ3v) is 16.1. The van der Waals surface area contributed by atoms with E-state index < -0.39 is 161 Å². The minimum absolute atomic E-state index is 0.197. The highest BCUT2D eigenvalue weighted by Crippen LogP contribution is 2.38. The van der Waals surface area contributed by atoms with Crippen molar-refractivity contribution in [3.8, 4) is 0 Å². The van der Waals surface area contributed by atoms with Crippen LogP contribution in [0.1, 0.15) is 200 Å². The molecular formula is C59H108N2O22. The van der Waals surface area contributed by atoms with E-state index in [0.717, 1.165) is 44.9 Å². The van der Waals surface area contributed by atoms with Crippen molar-refractivity contribution >= 4 is 17.8 Å². The molecule has 0 aromatic rings. The van der Waals surface area contributed by atoms with E-state index in [2.05, 4.69) is 24.5 Å². The minimum atomic E-state index is -3.14. The number of unbranched alkanes of at least 4 members (excludes halogenated alkanes) is 25. The summed E-state index contributed by atoms with van der Waals surface area (Å²) in [4.78, 5) is 38.5. The second-order valence-corrected chi connectivity index (χ2v) is 23.0. The van der Waals surface area contributed by atoms with Crippen LogP contribution >= 0.6 is 0 Å². The summed E-state index contributed by atoms with van der Waals surface area (Å²) < 4.78 is 34.6. The van der Waals surface area contributed by atoms with Gasteiger partial charge in [-0.1, -0.05) is 180 Å². The van der Waals surface area contributed by atoms with Crippen molar-refractivity contribution in [1.82, 2.24) is 10.6 Å². The number of hydrogen-bond donors (Lipinski definition) is 15. The third kappa shape index (κ3) is 26.0. The Balaban J connectivity index is 1.67. The summed E-state index contributed by atoms with van der Waals surface area (Å²) in [6.45, 7) is -0.170. The Bertz CT molecular complexity index is 1760. The molecule has 0 aromatic carbocycles. The van der Waals surface area contributed by atoms with Crippen LogP contribution in [0, 0.1) is 0 Å². The molecule has 3 fully saturated rings. The number of hydrogen-bond acceptors (Lipinski definition) is 21. The fourth-order valence-electron chi connectivity index (χ4n) is 10.9. The number of rotatable bonds is 46. The summed E-state index contributed by atoms with van der Waals surface area (Å²) in [5.41, 5.74) is 0. The minimum Gasteiger partial charge on any atom is -0.477 e. The number of carbonyl (C=O) groups excluding carboxylic acids is 2. The quantitative estimate of drug-likeness (QED) is 0.0307. The lowest BCUT2D eigenvalue weighted by Gasteiger charge is -2.50. The zero-order valence-corrected chi connectivity index (χ0v) is 49.5. The van der Waals surface area contributed by atoms with E-state index in [0.29, 0.717) is 12.8 Å². The molecule has 0 saturated carbocycles. The van der Waals surface area contributed by atoms with Gasteiger partial charge in [0, 0.05) is 12.8 Å². The zero-order chi connectivity index (χ0) is 61.2. The van der Waals surface area contributed by atoms with Crippen molar-refractivity contribution in [1.29, 1.82) is 0 Å². The second-order valence-electron chi connectivity index (χ2n) is 23.0. The van der Waals surface area contributed by atoms with Gasteiger partial charge in [0.15, 0.2) is 12.6 Å².